The van der Waals surface area contributed by atoms with E-state index < -0.39 is 0 Å². The molecule has 0 aliphatic carbocycles. The molecule has 0 bridgehead atoms. The number of ether oxygens (including phenoxy) is 1. The minimum Gasteiger partial charge on any atom is -0.424 e. The Labute approximate surface area is 90.0 Å². The van der Waals surface area contributed by atoms with Crippen molar-refractivity contribution in [2.75, 3.05) is 0 Å². The van der Waals surface area contributed by atoms with Gasteiger partial charge in [0, 0.05) is 0 Å². The zero-order valence-corrected chi connectivity index (χ0v) is 9.30. The van der Waals surface area contributed by atoms with Crippen molar-refractivity contribution in [3.8, 4) is 5.75 Å². The smallest absolute Gasteiger partial charge is 0.324 e. The molecular formula is C9H8BrClO2. The Kier molecular flexibility index (Phi) is 3.75. The number of rotatable bonds is 2. The number of benzene rings is 1. The van der Waals surface area contributed by atoms with Crippen LogP contribution in [0, 0.1) is 0 Å². The van der Waals surface area contributed by atoms with Gasteiger partial charge in [-0.15, -0.1) is 0 Å². The molecule has 0 saturated carbocycles. The number of alkyl halides is 1. The van der Waals surface area contributed by atoms with Gasteiger partial charge in [0.05, 0.1) is 5.02 Å². The van der Waals surface area contributed by atoms with Gasteiger partial charge in [-0.25, -0.2) is 0 Å². The SMILES string of the molecule is C[C@@H](Br)C(=O)Oc1ccccc1Cl. The zero-order valence-electron chi connectivity index (χ0n) is 6.96. The maximum absolute atomic E-state index is 11.1. The summed E-state index contributed by atoms with van der Waals surface area (Å²) in [4.78, 5) is 10.8. The second kappa shape index (κ2) is 4.63. The van der Waals surface area contributed by atoms with Crippen LogP contribution in [0.4, 0.5) is 0 Å². The molecule has 4 heteroatoms. The number of hydrogen-bond donors (Lipinski definition) is 0. The topological polar surface area (TPSA) is 26.3 Å². The fourth-order valence-corrected chi connectivity index (χ4v) is 0.985. The van der Waals surface area contributed by atoms with E-state index in [0.29, 0.717) is 10.8 Å². The van der Waals surface area contributed by atoms with Crippen molar-refractivity contribution in [1.29, 1.82) is 0 Å². The Hall–Kier alpha value is -0.540. The maximum Gasteiger partial charge on any atom is 0.324 e. The van der Waals surface area contributed by atoms with Crippen LogP contribution in [0.25, 0.3) is 0 Å². The van der Waals surface area contributed by atoms with E-state index in [9.17, 15) is 4.79 Å². The molecule has 0 amide bonds. The fraction of sp³-hybridized carbons (Fsp3) is 0.222. The molecule has 0 N–H and O–H groups in total. The Bertz CT molecular complexity index is 312. The summed E-state index contributed by atoms with van der Waals surface area (Å²) in [7, 11) is 0. The molecule has 13 heavy (non-hydrogen) atoms. The third-order valence-electron chi connectivity index (χ3n) is 1.37. The molecule has 0 aliphatic rings. The highest BCUT2D eigenvalue weighted by molar-refractivity contribution is 9.10. The molecule has 0 aliphatic heterocycles. The van der Waals surface area contributed by atoms with Crippen molar-refractivity contribution in [2.45, 2.75) is 11.8 Å². The van der Waals surface area contributed by atoms with E-state index in [1.807, 2.05) is 0 Å². The lowest BCUT2D eigenvalue weighted by Gasteiger charge is -2.06. The summed E-state index contributed by atoms with van der Waals surface area (Å²) in [6.07, 6.45) is 0. The standard InChI is InChI=1S/C9H8BrClO2/c1-6(10)9(12)13-8-5-3-2-4-7(8)11/h2-6H,1H3/t6-/m1/s1. The summed E-state index contributed by atoms with van der Waals surface area (Å²) in [6.45, 7) is 1.69. The lowest BCUT2D eigenvalue weighted by Crippen LogP contribution is -2.17. The minimum absolute atomic E-state index is 0.330. The van der Waals surface area contributed by atoms with Crippen LogP contribution >= 0.6 is 27.5 Å². The molecule has 0 fully saturated rings. The predicted molar refractivity (Wildman–Crippen MR) is 55.5 cm³/mol. The van der Waals surface area contributed by atoms with Gasteiger partial charge in [-0.05, 0) is 19.1 Å². The van der Waals surface area contributed by atoms with Crippen molar-refractivity contribution in [3.63, 3.8) is 0 Å². The average molecular weight is 264 g/mol. The van der Waals surface area contributed by atoms with Crippen molar-refractivity contribution in [3.05, 3.63) is 29.3 Å². The molecule has 1 atom stereocenters. The quantitative estimate of drug-likeness (QED) is 0.466. The van der Waals surface area contributed by atoms with E-state index in [1.165, 1.54) is 0 Å². The van der Waals surface area contributed by atoms with E-state index >= 15 is 0 Å². The van der Waals surface area contributed by atoms with Crippen LogP contribution < -0.4 is 4.74 Å². The molecule has 1 aromatic rings. The molecule has 0 heterocycles. The fourth-order valence-electron chi connectivity index (χ4n) is 0.717. The van der Waals surface area contributed by atoms with Crippen LogP contribution in [0.2, 0.25) is 5.02 Å². The number of halogens is 2. The lowest BCUT2D eigenvalue weighted by molar-refractivity contribution is -0.133. The van der Waals surface area contributed by atoms with Crippen LogP contribution in [0.15, 0.2) is 24.3 Å². The van der Waals surface area contributed by atoms with Gasteiger partial charge in [-0.1, -0.05) is 39.7 Å². The second-order valence-corrected chi connectivity index (χ2v) is 4.25. The summed E-state index contributed by atoms with van der Waals surface area (Å²) < 4.78 is 4.99. The van der Waals surface area contributed by atoms with E-state index in [4.69, 9.17) is 16.3 Å². The molecule has 0 spiro atoms. The molecule has 0 radical (unpaired) electrons. The van der Waals surface area contributed by atoms with Gasteiger partial charge in [-0.3, -0.25) is 4.79 Å². The first-order valence-electron chi connectivity index (χ1n) is 3.71. The first-order chi connectivity index (χ1) is 6.11. The third kappa shape index (κ3) is 3.01. The van der Waals surface area contributed by atoms with Crippen LogP contribution in [-0.4, -0.2) is 10.8 Å². The number of carbonyl (C=O) groups is 1. The first-order valence-corrected chi connectivity index (χ1v) is 5.01. The van der Waals surface area contributed by atoms with Crippen LogP contribution in [0.5, 0.6) is 5.75 Å². The summed E-state index contributed by atoms with van der Waals surface area (Å²) >= 11 is 8.88. The highest BCUT2D eigenvalue weighted by Crippen LogP contribution is 2.23. The predicted octanol–water partition coefficient (Wildman–Crippen LogP) is 3.03. The van der Waals surface area contributed by atoms with Gasteiger partial charge in [0.15, 0.2) is 0 Å². The molecular weight excluding hydrogens is 255 g/mol. The van der Waals surface area contributed by atoms with Gasteiger partial charge in [0.1, 0.15) is 10.6 Å². The van der Waals surface area contributed by atoms with Crippen LogP contribution in [0.3, 0.4) is 0 Å². The number of esters is 1. The second-order valence-electron chi connectivity index (χ2n) is 2.47. The van der Waals surface area contributed by atoms with Crippen LogP contribution in [0.1, 0.15) is 6.92 Å². The summed E-state index contributed by atoms with van der Waals surface area (Å²) in [5, 5.41) is 0.434. The first kappa shape index (κ1) is 10.5. The van der Waals surface area contributed by atoms with E-state index in [1.54, 1.807) is 31.2 Å². The Morgan fingerprint density at radius 3 is 2.69 bits per heavy atom. The van der Waals surface area contributed by atoms with Crippen LogP contribution in [-0.2, 0) is 4.79 Å². The van der Waals surface area contributed by atoms with Crippen molar-refractivity contribution >= 4 is 33.5 Å². The molecule has 2 nitrogen and oxygen atoms in total. The molecule has 0 unspecified atom stereocenters. The average Bonchev–Trinajstić information content (AvgIpc) is 2.08. The molecule has 70 valence electrons. The van der Waals surface area contributed by atoms with E-state index in [2.05, 4.69) is 15.9 Å². The van der Waals surface area contributed by atoms with Gasteiger partial charge in [0.25, 0.3) is 0 Å². The normalized spacial score (nSPS) is 12.2. The summed E-state index contributed by atoms with van der Waals surface area (Å²) in [5.41, 5.74) is 0. The highest BCUT2D eigenvalue weighted by Gasteiger charge is 2.12. The lowest BCUT2D eigenvalue weighted by atomic mass is 10.3. The van der Waals surface area contributed by atoms with Crippen molar-refractivity contribution in [1.82, 2.24) is 0 Å². The van der Waals surface area contributed by atoms with E-state index in [-0.39, 0.29) is 10.8 Å². The summed E-state index contributed by atoms with van der Waals surface area (Å²) in [5.74, 6) is 0.0357. The maximum atomic E-state index is 11.1. The minimum atomic E-state index is -0.354. The van der Waals surface area contributed by atoms with Gasteiger partial charge < -0.3 is 4.74 Å². The Morgan fingerprint density at radius 2 is 2.15 bits per heavy atom. The molecule has 0 saturated heterocycles. The van der Waals surface area contributed by atoms with Gasteiger partial charge >= 0.3 is 5.97 Å². The Balaban J connectivity index is 2.75. The number of carbonyl (C=O) groups excluding carboxylic acids is 1. The highest BCUT2D eigenvalue weighted by atomic mass is 79.9. The Morgan fingerprint density at radius 1 is 1.54 bits per heavy atom. The third-order valence-corrected chi connectivity index (χ3v) is 2.06. The van der Waals surface area contributed by atoms with Gasteiger partial charge in [0.2, 0.25) is 0 Å². The molecule has 0 aromatic heterocycles. The monoisotopic (exact) mass is 262 g/mol. The van der Waals surface area contributed by atoms with Gasteiger partial charge in [-0.2, -0.15) is 0 Å². The van der Waals surface area contributed by atoms with E-state index in [0.717, 1.165) is 0 Å². The van der Waals surface area contributed by atoms with Crippen molar-refractivity contribution in [2.24, 2.45) is 0 Å². The zero-order chi connectivity index (χ0) is 9.84. The van der Waals surface area contributed by atoms with Crippen molar-refractivity contribution < 1.29 is 9.53 Å². The largest absolute Gasteiger partial charge is 0.424 e. The molecule has 1 rings (SSSR count). The number of hydrogen-bond acceptors (Lipinski definition) is 2. The summed E-state index contributed by atoms with van der Waals surface area (Å²) in [6, 6.07) is 6.85. The molecule has 1 aromatic carbocycles. The number of para-hydroxylation sites is 1.